The minimum Gasteiger partial charge on any atom is -0.550 e. The number of aliphatic imine (C=N–C) groups is 1. The number of hydrogen-bond donors (Lipinski definition) is 2. The summed E-state index contributed by atoms with van der Waals surface area (Å²) < 4.78 is 0.844. The van der Waals surface area contributed by atoms with Crippen LogP contribution in [0.15, 0.2) is 71.7 Å². The Bertz CT molecular complexity index is 1690. The summed E-state index contributed by atoms with van der Waals surface area (Å²) in [5.41, 5.74) is 3.85. The lowest BCUT2D eigenvalue weighted by Crippen LogP contribution is -2.50. The molecule has 0 unspecified atom stereocenters. The van der Waals surface area contributed by atoms with Crippen LogP contribution >= 0.6 is 23.2 Å². The number of nitrogens with one attached hydrogen (secondary N) is 1. The van der Waals surface area contributed by atoms with Crippen LogP contribution in [0.5, 0.6) is 0 Å². The Morgan fingerprint density at radius 3 is 2.02 bits per heavy atom. The van der Waals surface area contributed by atoms with E-state index in [9.17, 15) is 19.5 Å². The van der Waals surface area contributed by atoms with Crippen molar-refractivity contribution in [1.82, 2.24) is 10.2 Å². The molecule has 52 heavy (non-hydrogen) atoms. The van der Waals surface area contributed by atoms with Crippen LogP contribution in [0.3, 0.4) is 0 Å². The van der Waals surface area contributed by atoms with E-state index in [1.54, 1.807) is 18.2 Å². The van der Waals surface area contributed by atoms with Crippen LogP contribution in [0.1, 0.15) is 92.7 Å². The first-order valence-corrected chi connectivity index (χ1v) is 18.9. The standard InChI is InChI=1S/C36H39Cl2N3O4.C5H14NO/c1-23(2)6-15-31(25-9-13-27(14-10-25)34(44)39-19-16-32(42)43)41-35(45)33(40-36(41)17-4-3-5-18-36)26-11-7-24(8-12-26)28-20-29(37)22-30(38)21-28;1-6(2,3)4-5-7/h7-14,20-23,31H,3-6,15-19H2,1-2H3,(H,39,44)(H,42,43);7H,4-5H2,1-3H3/q;+1/p-1/t31-;/m1./s1. The molecule has 1 atom stereocenters. The molecule has 0 bridgehead atoms. The van der Waals surface area contributed by atoms with Crippen LogP contribution in [-0.4, -0.2) is 84.5 Å². The maximum absolute atomic E-state index is 14.5. The number of carboxylic acid groups (broad SMARTS) is 1. The SMILES string of the molecule is CC(C)CC[C@H](c1ccc(C(=O)NCCC(=O)[O-])cc1)N1C(=O)C(c2ccc(-c3cc(Cl)cc(Cl)c3)cc2)=NC12CCCCC2.C[N+](C)(C)CCO. The molecule has 1 heterocycles. The lowest BCUT2D eigenvalue weighted by atomic mass is 9.85. The molecule has 1 fully saturated rings. The predicted molar refractivity (Wildman–Crippen MR) is 206 cm³/mol. The molecular formula is C41H52Cl2N4O5. The summed E-state index contributed by atoms with van der Waals surface area (Å²) in [6.45, 7) is 5.47. The van der Waals surface area contributed by atoms with E-state index in [0.29, 0.717) is 27.2 Å². The van der Waals surface area contributed by atoms with Crippen molar-refractivity contribution >= 4 is 46.7 Å². The van der Waals surface area contributed by atoms with Crippen LogP contribution in [0.25, 0.3) is 11.1 Å². The van der Waals surface area contributed by atoms with Gasteiger partial charge in [0.15, 0.2) is 0 Å². The summed E-state index contributed by atoms with van der Waals surface area (Å²) >= 11 is 12.5. The van der Waals surface area contributed by atoms with Crippen molar-refractivity contribution in [3.63, 3.8) is 0 Å². The van der Waals surface area contributed by atoms with Gasteiger partial charge in [-0.25, -0.2) is 0 Å². The molecule has 3 aromatic rings. The second-order valence-electron chi connectivity index (χ2n) is 15.1. The average molecular weight is 752 g/mol. The largest absolute Gasteiger partial charge is 0.550 e. The van der Waals surface area contributed by atoms with E-state index in [4.69, 9.17) is 33.3 Å². The zero-order valence-electron chi connectivity index (χ0n) is 31.0. The number of aliphatic carboxylic acids is 1. The molecule has 0 radical (unpaired) electrons. The molecule has 2 N–H and O–H groups in total. The van der Waals surface area contributed by atoms with Crippen molar-refractivity contribution in [1.29, 1.82) is 0 Å². The zero-order chi connectivity index (χ0) is 38.1. The summed E-state index contributed by atoms with van der Waals surface area (Å²) in [6, 6.07) is 20.3. The molecule has 9 nitrogen and oxygen atoms in total. The lowest BCUT2D eigenvalue weighted by Gasteiger charge is -2.44. The molecule has 2 amide bonds. The number of rotatable bonds is 13. The maximum Gasteiger partial charge on any atom is 0.275 e. The number of likely N-dealkylation sites (N-methyl/N-ethyl adjacent to an activating group) is 1. The van der Waals surface area contributed by atoms with Crippen molar-refractivity contribution in [2.24, 2.45) is 10.9 Å². The van der Waals surface area contributed by atoms with Gasteiger partial charge < -0.3 is 29.7 Å². The number of nitrogens with zero attached hydrogens (tertiary/aromatic N) is 3. The fourth-order valence-corrected chi connectivity index (χ4v) is 7.24. The maximum atomic E-state index is 14.5. The van der Waals surface area contributed by atoms with Crippen molar-refractivity contribution in [2.75, 3.05) is 40.8 Å². The molecule has 0 aromatic heterocycles. The van der Waals surface area contributed by atoms with Gasteiger partial charge in [0.05, 0.1) is 33.8 Å². The molecule has 0 saturated heterocycles. The highest BCUT2D eigenvalue weighted by atomic mass is 35.5. The van der Waals surface area contributed by atoms with E-state index in [2.05, 4.69) is 40.3 Å². The van der Waals surface area contributed by atoms with Gasteiger partial charge in [0.25, 0.3) is 11.8 Å². The van der Waals surface area contributed by atoms with Crippen LogP contribution in [0, 0.1) is 5.92 Å². The molecule has 2 aliphatic rings. The zero-order valence-corrected chi connectivity index (χ0v) is 32.5. The van der Waals surface area contributed by atoms with Gasteiger partial charge in [-0.3, -0.25) is 14.6 Å². The van der Waals surface area contributed by atoms with E-state index in [1.165, 1.54) is 0 Å². The summed E-state index contributed by atoms with van der Waals surface area (Å²) in [4.78, 5) is 45.1. The molecule has 1 saturated carbocycles. The Labute approximate surface area is 318 Å². The summed E-state index contributed by atoms with van der Waals surface area (Å²) in [5, 5.41) is 22.8. The number of aliphatic hydroxyl groups is 1. The summed E-state index contributed by atoms with van der Waals surface area (Å²) in [7, 11) is 6.16. The number of quaternary nitrogens is 1. The highest BCUT2D eigenvalue weighted by molar-refractivity contribution is 6.46. The number of carboxylic acids is 1. The first kappa shape index (κ1) is 41.0. The Hall–Kier alpha value is -3.76. The summed E-state index contributed by atoms with van der Waals surface area (Å²) in [5.74, 6) is -1.20. The number of halogens is 2. The van der Waals surface area contributed by atoms with Gasteiger partial charge in [0.1, 0.15) is 17.9 Å². The Morgan fingerprint density at radius 1 is 0.904 bits per heavy atom. The molecule has 5 rings (SSSR count). The average Bonchev–Trinajstić information content (AvgIpc) is 3.35. The van der Waals surface area contributed by atoms with Gasteiger partial charge in [-0.15, -0.1) is 0 Å². The molecular weight excluding hydrogens is 699 g/mol. The van der Waals surface area contributed by atoms with Gasteiger partial charge >= 0.3 is 0 Å². The summed E-state index contributed by atoms with van der Waals surface area (Å²) in [6.07, 6.45) is 6.15. The normalized spacial score (nSPS) is 16.0. The van der Waals surface area contributed by atoms with E-state index < -0.39 is 11.6 Å². The molecule has 280 valence electrons. The van der Waals surface area contributed by atoms with Gasteiger partial charge in [-0.05, 0) is 91.5 Å². The third-order valence-corrected chi connectivity index (χ3v) is 9.91. The Morgan fingerprint density at radius 2 is 1.50 bits per heavy atom. The smallest absolute Gasteiger partial charge is 0.275 e. The van der Waals surface area contributed by atoms with Crippen LogP contribution in [0.2, 0.25) is 10.0 Å². The number of carbonyl (C=O) groups is 3. The van der Waals surface area contributed by atoms with Crippen LogP contribution < -0.4 is 10.4 Å². The first-order chi connectivity index (χ1) is 24.6. The van der Waals surface area contributed by atoms with E-state index in [0.717, 1.165) is 78.2 Å². The minimum atomic E-state index is -1.21. The fraction of sp³-hybridized carbons (Fsp3) is 0.463. The Balaban J connectivity index is 0.000000785. The van der Waals surface area contributed by atoms with Crippen LogP contribution in [-0.2, 0) is 9.59 Å². The number of carbonyl (C=O) groups excluding carboxylic acids is 3. The van der Waals surface area contributed by atoms with Crippen molar-refractivity contribution in [3.05, 3.63) is 93.5 Å². The van der Waals surface area contributed by atoms with Gasteiger partial charge in [0, 0.05) is 40.1 Å². The van der Waals surface area contributed by atoms with Gasteiger partial charge in [0.2, 0.25) is 0 Å². The second-order valence-corrected chi connectivity index (χ2v) is 16.0. The predicted octanol–water partition coefficient (Wildman–Crippen LogP) is 6.68. The quantitative estimate of drug-likeness (QED) is 0.189. The minimum absolute atomic E-state index is 0.00132. The number of amides is 2. The third-order valence-electron chi connectivity index (χ3n) is 9.47. The van der Waals surface area contributed by atoms with E-state index >= 15 is 0 Å². The number of hydrogen-bond acceptors (Lipinski definition) is 6. The number of benzene rings is 3. The molecule has 1 spiro atoms. The van der Waals surface area contributed by atoms with Gasteiger partial charge in [-0.2, -0.15) is 0 Å². The van der Waals surface area contributed by atoms with E-state index in [-0.39, 0.29) is 37.4 Å². The second kappa shape index (κ2) is 18.3. The highest BCUT2D eigenvalue weighted by Gasteiger charge is 2.50. The molecule has 3 aromatic carbocycles. The highest BCUT2D eigenvalue weighted by Crippen LogP contribution is 2.46. The van der Waals surface area contributed by atoms with Gasteiger partial charge in [-0.1, -0.05) is 79.9 Å². The Kier molecular flexibility index (Phi) is 14.5. The monoisotopic (exact) mass is 750 g/mol. The molecule has 11 heteroatoms. The molecule has 1 aliphatic heterocycles. The van der Waals surface area contributed by atoms with Crippen LogP contribution in [0.4, 0.5) is 0 Å². The van der Waals surface area contributed by atoms with Crippen molar-refractivity contribution in [2.45, 2.75) is 76.9 Å². The first-order valence-electron chi connectivity index (χ1n) is 18.1. The third kappa shape index (κ3) is 11.1. The van der Waals surface area contributed by atoms with Crippen molar-refractivity contribution < 1.29 is 29.1 Å². The lowest BCUT2D eigenvalue weighted by molar-refractivity contribution is -0.870. The fourth-order valence-electron chi connectivity index (χ4n) is 6.72. The molecule has 1 aliphatic carbocycles. The number of aliphatic hydroxyl groups excluding tert-OH is 1. The van der Waals surface area contributed by atoms with Crippen molar-refractivity contribution in [3.8, 4) is 11.1 Å². The topological polar surface area (TPSA) is 122 Å². The van der Waals surface area contributed by atoms with E-state index in [1.807, 2.05) is 53.4 Å².